The number of halogens is 1. The molecule has 0 amide bonds. The summed E-state index contributed by atoms with van der Waals surface area (Å²) in [5.41, 5.74) is 3.47. The van der Waals surface area contributed by atoms with Crippen molar-refractivity contribution in [3.8, 4) is 5.75 Å². The van der Waals surface area contributed by atoms with E-state index in [2.05, 4.69) is 4.98 Å². The van der Waals surface area contributed by atoms with Gasteiger partial charge in [0.25, 0.3) is 0 Å². The number of hydrogen-bond donors (Lipinski definition) is 1. The van der Waals surface area contributed by atoms with E-state index in [1.165, 1.54) is 0 Å². The molecule has 1 atom stereocenters. The lowest BCUT2D eigenvalue weighted by Crippen LogP contribution is -2.15. The predicted molar refractivity (Wildman–Crippen MR) is 114 cm³/mol. The highest BCUT2D eigenvalue weighted by molar-refractivity contribution is 6.31. The molecule has 0 unspecified atom stereocenters. The Bertz CT molecular complexity index is 1160. The van der Waals surface area contributed by atoms with E-state index in [1.54, 1.807) is 0 Å². The predicted octanol–water partition coefficient (Wildman–Crippen LogP) is 5.81. The highest BCUT2D eigenvalue weighted by Crippen LogP contribution is 2.36. The maximum absolute atomic E-state index is 11.5. The minimum atomic E-state index is -0.441. The molecule has 0 radical (unpaired) electrons. The normalized spacial score (nSPS) is 12.0. The quantitative estimate of drug-likeness (QED) is 0.311. The third-order valence-electron chi connectivity index (χ3n) is 4.96. The Kier molecular flexibility index (Phi) is 5.49. The Balaban J connectivity index is 1.72. The van der Waals surface area contributed by atoms with Crippen LogP contribution < -0.4 is 4.74 Å². The van der Waals surface area contributed by atoms with Gasteiger partial charge in [0.05, 0.1) is 5.92 Å². The molecule has 5 nitrogen and oxygen atoms in total. The molecule has 146 valence electrons. The average Bonchev–Trinajstić information content (AvgIpc) is 3.16. The van der Waals surface area contributed by atoms with Crippen molar-refractivity contribution in [2.45, 2.75) is 12.5 Å². The molecule has 0 aliphatic rings. The van der Waals surface area contributed by atoms with Crippen molar-refractivity contribution in [3.63, 3.8) is 0 Å². The number of nitrogens with one attached hydrogen (secondary N) is 1. The number of ether oxygens (including phenoxy) is 1. The summed E-state index contributed by atoms with van der Waals surface area (Å²) in [4.78, 5) is 14.4. The van der Waals surface area contributed by atoms with E-state index in [0.717, 1.165) is 27.6 Å². The summed E-state index contributed by atoms with van der Waals surface area (Å²) in [6.07, 6.45) is 1.85. The molecule has 0 fully saturated rings. The number of hydrogen-bond acceptors (Lipinski definition) is 3. The molecule has 6 heteroatoms. The topological polar surface area (TPSA) is 68.2 Å². The van der Waals surface area contributed by atoms with Crippen LogP contribution in [0.15, 0.2) is 79.0 Å². The average molecular weight is 407 g/mol. The van der Waals surface area contributed by atoms with Gasteiger partial charge in [0.2, 0.25) is 6.54 Å². The Morgan fingerprint density at radius 3 is 2.52 bits per heavy atom. The van der Waals surface area contributed by atoms with E-state index in [9.17, 15) is 10.1 Å². The Labute approximate surface area is 173 Å². The first-order valence-electron chi connectivity index (χ1n) is 9.26. The maximum atomic E-state index is 11.5. The molecule has 1 N–H and O–H groups in total. The zero-order valence-electron chi connectivity index (χ0n) is 15.5. The molecule has 29 heavy (non-hydrogen) atoms. The number of nitro groups is 1. The second-order valence-electron chi connectivity index (χ2n) is 6.78. The van der Waals surface area contributed by atoms with Crippen molar-refractivity contribution in [2.75, 3.05) is 6.54 Å². The Morgan fingerprint density at radius 2 is 1.69 bits per heavy atom. The zero-order chi connectivity index (χ0) is 20.2. The fourth-order valence-corrected chi connectivity index (χ4v) is 3.76. The van der Waals surface area contributed by atoms with Crippen molar-refractivity contribution in [1.29, 1.82) is 0 Å². The minimum Gasteiger partial charge on any atom is -0.489 e. The molecule has 0 saturated heterocycles. The van der Waals surface area contributed by atoms with Crippen LogP contribution in [0.25, 0.3) is 10.9 Å². The summed E-state index contributed by atoms with van der Waals surface area (Å²) in [6.45, 7) is 0.0596. The van der Waals surface area contributed by atoms with E-state index in [-0.39, 0.29) is 18.1 Å². The maximum Gasteiger partial charge on any atom is 0.214 e. The number of benzene rings is 3. The van der Waals surface area contributed by atoms with Crippen LogP contribution in [0.5, 0.6) is 5.75 Å². The van der Waals surface area contributed by atoms with Crippen LogP contribution in [-0.2, 0) is 6.61 Å². The van der Waals surface area contributed by atoms with Crippen LogP contribution >= 0.6 is 11.6 Å². The molecule has 4 aromatic rings. The number of aromatic amines is 1. The molecule has 0 saturated carbocycles. The van der Waals surface area contributed by atoms with Gasteiger partial charge in [-0.3, -0.25) is 10.1 Å². The number of rotatable bonds is 7. The van der Waals surface area contributed by atoms with E-state index < -0.39 is 5.92 Å². The summed E-state index contributed by atoms with van der Waals surface area (Å²) >= 11 is 6.23. The van der Waals surface area contributed by atoms with E-state index in [4.69, 9.17) is 16.3 Å². The second kappa shape index (κ2) is 8.37. The first-order valence-corrected chi connectivity index (χ1v) is 9.64. The van der Waals surface area contributed by atoms with Gasteiger partial charge >= 0.3 is 0 Å². The summed E-state index contributed by atoms with van der Waals surface area (Å²) < 4.78 is 6.06. The number of nitrogens with zero attached hydrogens (tertiary/aromatic N) is 1. The summed E-state index contributed by atoms with van der Waals surface area (Å²) in [7, 11) is 0. The highest BCUT2D eigenvalue weighted by atomic mass is 35.5. The number of aromatic nitrogens is 1. The van der Waals surface area contributed by atoms with Crippen molar-refractivity contribution in [2.24, 2.45) is 0 Å². The van der Waals surface area contributed by atoms with Gasteiger partial charge in [0, 0.05) is 38.2 Å². The summed E-state index contributed by atoms with van der Waals surface area (Å²) in [5, 5.41) is 13.1. The zero-order valence-corrected chi connectivity index (χ0v) is 16.3. The van der Waals surface area contributed by atoms with Crippen molar-refractivity contribution < 1.29 is 9.66 Å². The lowest BCUT2D eigenvalue weighted by atomic mass is 9.90. The van der Waals surface area contributed by atoms with Gasteiger partial charge in [-0.15, -0.1) is 0 Å². The number of H-pyrrole nitrogens is 1. The van der Waals surface area contributed by atoms with E-state index >= 15 is 0 Å². The standard InChI is InChI=1S/C23H19ClN2O3/c24-21-10-4-1-7-16(21)15-29-23-12-6-3-9-18(23)20(14-26(27)28)19-13-25-22-11-5-2-8-17(19)22/h1-13,20,25H,14-15H2/t20-/m1/s1. The molecule has 1 aromatic heterocycles. The second-order valence-corrected chi connectivity index (χ2v) is 7.18. The molecule has 1 heterocycles. The fraction of sp³-hybridized carbons (Fsp3) is 0.130. The summed E-state index contributed by atoms with van der Waals surface area (Å²) in [5.74, 6) is 0.174. The van der Waals surface area contributed by atoms with E-state index in [1.807, 2.05) is 79.0 Å². The molecular formula is C23H19ClN2O3. The van der Waals surface area contributed by atoms with Gasteiger partial charge < -0.3 is 9.72 Å². The number of fused-ring (bicyclic) bond motifs is 1. The monoisotopic (exact) mass is 406 g/mol. The highest BCUT2D eigenvalue weighted by Gasteiger charge is 2.26. The third-order valence-corrected chi connectivity index (χ3v) is 5.33. The lowest BCUT2D eigenvalue weighted by molar-refractivity contribution is -0.481. The van der Waals surface area contributed by atoms with E-state index in [0.29, 0.717) is 10.8 Å². The molecule has 0 aliphatic carbocycles. The molecule has 0 aliphatic heterocycles. The van der Waals surface area contributed by atoms with Gasteiger partial charge in [-0.1, -0.05) is 66.2 Å². The van der Waals surface area contributed by atoms with Gasteiger partial charge in [0.1, 0.15) is 12.4 Å². The van der Waals surface area contributed by atoms with Crippen LogP contribution in [0.1, 0.15) is 22.6 Å². The van der Waals surface area contributed by atoms with Crippen LogP contribution in [0, 0.1) is 10.1 Å². The summed E-state index contributed by atoms with van der Waals surface area (Å²) in [6, 6.07) is 22.8. The number of para-hydroxylation sites is 2. The van der Waals surface area contributed by atoms with Gasteiger partial charge in [0.15, 0.2) is 0 Å². The van der Waals surface area contributed by atoms with Crippen molar-refractivity contribution in [1.82, 2.24) is 4.98 Å². The fourth-order valence-electron chi connectivity index (χ4n) is 3.57. The molecule has 0 spiro atoms. The van der Waals surface area contributed by atoms with Crippen molar-refractivity contribution >= 4 is 22.5 Å². The smallest absolute Gasteiger partial charge is 0.214 e. The van der Waals surface area contributed by atoms with Crippen LogP contribution in [0.4, 0.5) is 0 Å². The van der Waals surface area contributed by atoms with Gasteiger partial charge in [-0.2, -0.15) is 0 Å². The van der Waals surface area contributed by atoms with Gasteiger partial charge in [-0.05, 0) is 23.8 Å². The molecular weight excluding hydrogens is 388 g/mol. The third kappa shape index (κ3) is 4.10. The molecule has 0 bridgehead atoms. The van der Waals surface area contributed by atoms with Crippen molar-refractivity contribution in [3.05, 3.63) is 111 Å². The SMILES string of the molecule is O=[N+]([O-])C[C@H](c1ccccc1OCc1ccccc1Cl)c1c[nH]c2ccccc12. The Hall–Kier alpha value is -3.31. The molecule has 3 aromatic carbocycles. The van der Waals surface area contributed by atoms with Crippen LogP contribution in [0.2, 0.25) is 5.02 Å². The molecule has 4 rings (SSSR count). The first-order chi connectivity index (χ1) is 14.1. The van der Waals surface area contributed by atoms with Gasteiger partial charge in [-0.25, -0.2) is 0 Å². The Morgan fingerprint density at radius 1 is 0.966 bits per heavy atom. The largest absolute Gasteiger partial charge is 0.489 e. The van der Waals surface area contributed by atoms with Crippen LogP contribution in [0.3, 0.4) is 0 Å². The first kappa shape index (κ1) is 19.0. The minimum absolute atomic E-state index is 0.228. The lowest BCUT2D eigenvalue weighted by Gasteiger charge is -2.18. The van der Waals surface area contributed by atoms with Crippen LogP contribution in [-0.4, -0.2) is 16.5 Å².